The standard InChI is InChI=1S/C39H37N3/c1-7-13-19-30(10-4)41-36(11-5)32(17-8-2)34-26-28(22-24-38(34)41)40-29-23-25-39-35(27-29)33(18-9-3)37(12-6)42(39)31-20-15-14-16-21-31/h7-27,40H,1,5-6H2,2-4H3/b17-8-,18-9-,19-13-,30-10+. The summed E-state index contributed by atoms with van der Waals surface area (Å²) in [5, 5.41) is 6.00. The van der Waals surface area contributed by atoms with Gasteiger partial charge in [-0.2, -0.15) is 0 Å². The van der Waals surface area contributed by atoms with Crippen LogP contribution >= 0.6 is 0 Å². The monoisotopic (exact) mass is 547 g/mol. The summed E-state index contributed by atoms with van der Waals surface area (Å²) in [5.74, 6) is 0. The Morgan fingerprint density at radius 3 is 1.88 bits per heavy atom. The molecule has 0 unspecified atom stereocenters. The predicted molar refractivity (Wildman–Crippen MR) is 187 cm³/mol. The zero-order valence-corrected chi connectivity index (χ0v) is 24.6. The second kappa shape index (κ2) is 12.5. The molecule has 3 heteroatoms. The van der Waals surface area contributed by atoms with Gasteiger partial charge in [-0.05, 0) is 87.5 Å². The molecule has 0 aliphatic rings. The second-order valence-electron chi connectivity index (χ2n) is 9.91. The molecule has 3 aromatic carbocycles. The average Bonchev–Trinajstić information content (AvgIpc) is 3.49. The van der Waals surface area contributed by atoms with Crippen molar-refractivity contribution in [3.05, 3.63) is 145 Å². The number of fused-ring (bicyclic) bond motifs is 2. The quantitative estimate of drug-likeness (QED) is 0.173. The van der Waals surface area contributed by atoms with Crippen molar-refractivity contribution in [2.24, 2.45) is 0 Å². The van der Waals surface area contributed by atoms with Crippen LogP contribution in [0.2, 0.25) is 0 Å². The minimum atomic E-state index is 1.02. The molecule has 3 nitrogen and oxygen atoms in total. The first-order valence-corrected chi connectivity index (χ1v) is 14.3. The molecule has 2 aromatic heterocycles. The maximum absolute atomic E-state index is 4.15. The minimum Gasteiger partial charge on any atom is -0.355 e. The normalized spacial score (nSPS) is 12.3. The van der Waals surface area contributed by atoms with Gasteiger partial charge in [0.1, 0.15) is 0 Å². The van der Waals surface area contributed by atoms with E-state index in [1.807, 2.05) is 45.1 Å². The van der Waals surface area contributed by atoms with E-state index in [0.29, 0.717) is 0 Å². The zero-order valence-electron chi connectivity index (χ0n) is 24.6. The number of rotatable bonds is 10. The highest BCUT2D eigenvalue weighted by Gasteiger charge is 2.17. The molecule has 0 aliphatic carbocycles. The number of anilines is 2. The van der Waals surface area contributed by atoms with Crippen LogP contribution in [0.15, 0.2) is 123 Å². The molecule has 0 atom stereocenters. The van der Waals surface area contributed by atoms with Gasteiger partial charge in [0.05, 0.1) is 22.4 Å². The van der Waals surface area contributed by atoms with Gasteiger partial charge in [0.25, 0.3) is 0 Å². The molecule has 0 fully saturated rings. The van der Waals surface area contributed by atoms with E-state index in [1.165, 1.54) is 5.39 Å². The van der Waals surface area contributed by atoms with Crippen LogP contribution in [0.4, 0.5) is 11.4 Å². The highest BCUT2D eigenvalue weighted by Crippen LogP contribution is 2.36. The van der Waals surface area contributed by atoms with E-state index in [0.717, 1.165) is 61.7 Å². The molecular weight excluding hydrogens is 510 g/mol. The fourth-order valence-corrected chi connectivity index (χ4v) is 5.68. The minimum absolute atomic E-state index is 1.02. The third kappa shape index (κ3) is 5.02. The maximum atomic E-state index is 4.15. The molecule has 1 N–H and O–H groups in total. The first kappa shape index (κ1) is 28.3. The van der Waals surface area contributed by atoms with Crippen molar-refractivity contribution >= 4 is 63.2 Å². The summed E-state index contributed by atoms with van der Waals surface area (Å²) in [4.78, 5) is 0. The Bertz CT molecular complexity index is 1920. The van der Waals surface area contributed by atoms with Crippen LogP contribution in [-0.4, -0.2) is 9.13 Å². The van der Waals surface area contributed by atoms with Gasteiger partial charge in [0.15, 0.2) is 0 Å². The average molecular weight is 548 g/mol. The molecule has 0 amide bonds. The Morgan fingerprint density at radius 2 is 1.31 bits per heavy atom. The maximum Gasteiger partial charge on any atom is 0.0542 e. The van der Waals surface area contributed by atoms with E-state index >= 15 is 0 Å². The van der Waals surface area contributed by atoms with Crippen molar-refractivity contribution in [3.63, 3.8) is 0 Å². The predicted octanol–water partition coefficient (Wildman–Crippen LogP) is 11.3. The van der Waals surface area contributed by atoms with Crippen molar-refractivity contribution in [3.8, 4) is 5.69 Å². The zero-order chi connectivity index (χ0) is 29.6. The number of nitrogens with zero attached hydrogens (tertiary/aromatic N) is 2. The lowest BCUT2D eigenvalue weighted by Gasteiger charge is -2.11. The lowest BCUT2D eigenvalue weighted by molar-refractivity contribution is 1.11. The van der Waals surface area contributed by atoms with Crippen molar-refractivity contribution in [1.82, 2.24) is 9.13 Å². The number of para-hydroxylation sites is 1. The topological polar surface area (TPSA) is 21.9 Å². The highest BCUT2D eigenvalue weighted by molar-refractivity contribution is 6.00. The Balaban J connectivity index is 1.65. The van der Waals surface area contributed by atoms with Crippen LogP contribution in [0.3, 0.4) is 0 Å². The van der Waals surface area contributed by atoms with Crippen LogP contribution in [0.1, 0.15) is 43.3 Å². The highest BCUT2D eigenvalue weighted by atomic mass is 15.0. The molecule has 0 saturated carbocycles. The summed E-state index contributed by atoms with van der Waals surface area (Å²) in [5.41, 5.74) is 10.9. The van der Waals surface area contributed by atoms with Gasteiger partial charge in [-0.3, -0.25) is 0 Å². The first-order valence-electron chi connectivity index (χ1n) is 14.3. The van der Waals surface area contributed by atoms with Crippen molar-refractivity contribution in [2.75, 3.05) is 5.32 Å². The van der Waals surface area contributed by atoms with E-state index in [2.05, 4.69) is 131 Å². The molecule has 42 heavy (non-hydrogen) atoms. The number of benzene rings is 3. The van der Waals surface area contributed by atoms with Crippen molar-refractivity contribution in [1.29, 1.82) is 0 Å². The molecule has 208 valence electrons. The Morgan fingerprint density at radius 1 is 0.714 bits per heavy atom. The van der Waals surface area contributed by atoms with Gasteiger partial charge in [-0.25, -0.2) is 0 Å². The van der Waals surface area contributed by atoms with Gasteiger partial charge in [0, 0.05) is 44.7 Å². The Hall–Kier alpha value is -5.28. The van der Waals surface area contributed by atoms with E-state index in [4.69, 9.17) is 0 Å². The van der Waals surface area contributed by atoms with Crippen molar-refractivity contribution < 1.29 is 0 Å². The van der Waals surface area contributed by atoms with E-state index in [-0.39, 0.29) is 0 Å². The van der Waals surface area contributed by atoms with Crippen LogP contribution in [0.25, 0.3) is 57.5 Å². The number of allylic oxidation sites excluding steroid dienone is 7. The third-order valence-electron chi connectivity index (χ3n) is 7.40. The summed E-state index contributed by atoms with van der Waals surface area (Å²) >= 11 is 0. The lowest BCUT2D eigenvalue weighted by atomic mass is 10.1. The molecule has 0 radical (unpaired) electrons. The summed E-state index contributed by atoms with van der Waals surface area (Å²) in [7, 11) is 0. The van der Waals surface area contributed by atoms with E-state index < -0.39 is 0 Å². The van der Waals surface area contributed by atoms with Crippen LogP contribution in [0.5, 0.6) is 0 Å². The lowest BCUT2D eigenvalue weighted by Crippen LogP contribution is -1.97. The second-order valence-corrected chi connectivity index (χ2v) is 9.91. The molecule has 5 aromatic rings. The SMILES string of the molecule is C=C/C=C\C(=C/C)n1c(C=C)c(/C=C\C)c2cc(Nc3ccc4c(c3)c(/C=C\C)c(C=C)n4-c3ccccc3)ccc21. The first-order chi connectivity index (χ1) is 20.6. The molecule has 0 bridgehead atoms. The smallest absolute Gasteiger partial charge is 0.0542 e. The molecule has 0 spiro atoms. The van der Waals surface area contributed by atoms with Gasteiger partial charge in [0.2, 0.25) is 0 Å². The summed E-state index contributed by atoms with van der Waals surface area (Å²) < 4.78 is 4.52. The number of aromatic nitrogens is 2. The number of nitrogens with one attached hydrogen (secondary N) is 1. The van der Waals surface area contributed by atoms with Gasteiger partial charge < -0.3 is 14.5 Å². The molecule has 5 rings (SSSR count). The van der Waals surface area contributed by atoms with Crippen LogP contribution in [0, 0.1) is 0 Å². The molecule has 0 aliphatic heterocycles. The Labute approximate surface area is 249 Å². The largest absolute Gasteiger partial charge is 0.355 e. The number of hydrogen-bond donors (Lipinski definition) is 1. The third-order valence-corrected chi connectivity index (χ3v) is 7.40. The fourth-order valence-electron chi connectivity index (χ4n) is 5.68. The molecular formula is C39H37N3. The molecule has 2 heterocycles. The summed E-state index contributed by atoms with van der Waals surface area (Å²) in [6, 6.07) is 23.5. The van der Waals surface area contributed by atoms with Crippen LogP contribution < -0.4 is 5.32 Å². The van der Waals surface area contributed by atoms with Gasteiger partial charge in [-0.1, -0.05) is 80.5 Å². The molecule has 0 saturated heterocycles. The van der Waals surface area contributed by atoms with Crippen LogP contribution in [-0.2, 0) is 0 Å². The summed E-state index contributed by atoms with van der Waals surface area (Å²) in [6.07, 6.45) is 20.3. The number of hydrogen-bond acceptors (Lipinski definition) is 1. The van der Waals surface area contributed by atoms with E-state index in [1.54, 1.807) is 6.08 Å². The summed E-state index contributed by atoms with van der Waals surface area (Å²) in [6.45, 7) is 18.3. The fraction of sp³-hybridized carbons (Fsp3) is 0.0769. The van der Waals surface area contributed by atoms with Gasteiger partial charge >= 0.3 is 0 Å². The van der Waals surface area contributed by atoms with E-state index in [9.17, 15) is 0 Å². The van der Waals surface area contributed by atoms with Gasteiger partial charge in [-0.15, -0.1) is 0 Å². The Kier molecular flexibility index (Phi) is 8.40. The van der Waals surface area contributed by atoms with Crippen molar-refractivity contribution in [2.45, 2.75) is 20.8 Å².